The maximum atomic E-state index is 14.7. The van der Waals surface area contributed by atoms with Gasteiger partial charge in [-0.15, -0.1) is 0 Å². The van der Waals surface area contributed by atoms with Crippen LogP contribution in [0.15, 0.2) is 0 Å². The Hall–Kier alpha value is -3.96. The van der Waals surface area contributed by atoms with Crippen molar-refractivity contribution < 1.29 is 60.9 Å². The monoisotopic (exact) mass is 1190 g/mol. The lowest BCUT2D eigenvalue weighted by atomic mass is 9.89. The molecule has 2 heterocycles. The molecule has 4 fully saturated rings. The van der Waals surface area contributed by atoms with Gasteiger partial charge in [-0.25, -0.2) is 8.42 Å². The first-order valence-electron chi connectivity index (χ1n) is 31.6. The molecule has 4 rings (SSSR count). The number of nitrogens with one attached hydrogen (secondary N) is 4. The number of methoxy groups -OCH3 is 2. The Morgan fingerprint density at radius 1 is 0.663 bits per heavy atom. The third-order valence-electron chi connectivity index (χ3n) is 17.8. The third-order valence-corrected chi connectivity index (χ3v) is 19.6. The number of carbonyl (C=O) groups excluding carboxylic acids is 7. The van der Waals surface area contributed by atoms with E-state index in [1.54, 1.807) is 23.8 Å². The Bertz CT molecular complexity index is 2150. The molecule has 22 heteroatoms. The van der Waals surface area contributed by atoms with Crippen LogP contribution in [0.5, 0.6) is 0 Å². The number of carbonyl (C=O) groups is 7. The number of sulfonamides is 1. The van der Waals surface area contributed by atoms with Gasteiger partial charge in [0.05, 0.1) is 80.8 Å². The van der Waals surface area contributed by atoms with Crippen LogP contribution < -0.4 is 20.7 Å². The van der Waals surface area contributed by atoms with Crippen molar-refractivity contribution in [3.63, 3.8) is 0 Å². The number of amides is 7. The minimum absolute atomic E-state index is 0.0296. The summed E-state index contributed by atoms with van der Waals surface area (Å²) >= 11 is 0. The van der Waals surface area contributed by atoms with Crippen molar-refractivity contribution >= 4 is 51.4 Å². The van der Waals surface area contributed by atoms with Crippen molar-refractivity contribution in [2.45, 2.75) is 232 Å². The number of piperidine rings is 1. The number of likely N-dealkylation sites (tertiary alicyclic amines) is 2. The average molecular weight is 1200 g/mol. The fraction of sp³-hybridized carbons (Fsp3) is 0.885. The largest absolute Gasteiger partial charge is 0.379 e. The smallest absolute Gasteiger partial charge is 0.256 e. The molecule has 21 nitrogen and oxygen atoms in total. The Kier molecular flexibility index (Phi) is 30.7. The number of likely N-dealkylation sites (N-methyl/N-ethyl adjacent to an activating group) is 2. The Morgan fingerprint density at radius 2 is 1.28 bits per heavy atom. The predicted molar refractivity (Wildman–Crippen MR) is 320 cm³/mol. The Balaban J connectivity index is 1.26. The molecule has 2 aliphatic heterocycles. The van der Waals surface area contributed by atoms with Gasteiger partial charge >= 0.3 is 0 Å². The molecule has 0 radical (unpaired) electrons. The van der Waals surface area contributed by atoms with E-state index in [0.29, 0.717) is 90.9 Å². The van der Waals surface area contributed by atoms with Crippen LogP contribution in [0.4, 0.5) is 0 Å². The summed E-state index contributed by atoms with van der Waals surface area (Å²) in [6.45, 7) is 20.4. The first-order valence-corrected chi connectivity index (χ1v) is 33.1. The van der Waals surface area contributed by atoms with Gasteiger partial charge in [0.25, 0.3) is 5.91 Å². The van der Waals surface area contributed by atoms with Gasteiger partial charge in [0, 0.05) is 59.4 Å². The van der Waals surface area contributed by atoms with Gasteiger partial charge < -0.3 is 49.6 Å². The van der Waals surface area contributed by atoms with Crippen molar-refractivity contribution in [1.29, 1.82) is 0 Å². The van der Waals surface area contributed by atoms with Crippen molar-refractivity contribution in [3.8, 4) is 0 Å². The number of hydrogen-bond donors (Lipinski definition) is 4. The SMILES string of the molecule is CC[C@H](C)[C@@H]([C@@H](CC(=O)N1CCC[C@H]1[C@H](OC)[C@@H](C)C(=O)N[C@@H](CC(C)C)C(=O)NS(=O)(=O)C1CC1)OC)N(C)C(=O)[C@@H](NC(=O)[C@H](C(C)C)N(C)CCOCCOCCC(=O)N1CCC(C(=O)NC2CCCCCCCC2)CC1)C(C)C. The Labute approximate surface area is 498 Å². The molecular weight excluding hydrogens is 1080 g/mol. The lowest BCUT2D eigenvalue weighted by Gasteiger charge is -2.41. The van der Waals surface area contributed by atoms with Crippen molar-refractivity contribution in [3.05, 3.63) is 0 Å². The van der Waals surface area contributed by atoms with Crippen LogP contribution in [0.3, 0.4) is 0 Å². The molecule has 2 saturated heterocycles. The van der Waals surface area contributed by atoms with E-state index in [9.17, 15) is 42.0 Å². The van der Waals surface area contributed by atoms with Gasteiger partial charge in [-0.3, -0.25) is 43.2 Å². The zero-order valence-electron chi connectivity index (χ0n) is 53.0. The number of hydrogen-bond acceptors (Lipinski definition) is 14. The van der Waals surface area contributed by atoms with Gasteiger partial charge in [-0.2, -0.15) is 0 Å². The topological polar surface area (TPSA) is 252 Å². The molecule has 0 aromatic rings. The van der Waals surface area contributed by atoms with E-state index < -0.39 is 75.4 Å². The molecule has 0 bridgehead atoms. The van der Waals surface area contributed by atoms with Gasteiger partial charge in [-0.05, 0) is 88.5 Å². The fourth-order valence-electron chi connectivity index (χ4n) is 12.4. The molecule has 478 valence electrons. The first-order chi connectivity index (χ1) is 39.4. The summed E-state index contributed by atoms with van der Waals surface area (Å²) in [5.74, 6) is -3.37. The van der Waals surface area contributed by atoms with Crippen LogP contribution in [0.2, 0.25) is 0 Å². The summed E-state index contributed by atoms with van der Waals surface area (Å²) in [4.78, 5) is 104. The minimum Gasteiger partial charge on any atom is -0.379 e. The summed E-state index contributed by atoms with van der Waals surface area (Å²) in [5.41, 5.74) is 0. The highest BCUT2D eigenvalue weighted by Gasteiger charge is 2.45. The summed E-state index contributed by atoms with van der Waals surface area (Å²) in [6.07, 6.45) is 12.6. The van der Waals surface area contributed by atoms with Crippen molar-refractivity contribution in [2.75, 3.05) is 80.9 Å². The first kappa shape index (κ1) is 71.5. The Morgan fingerprint density at radius 3 is 1.83 bits per heavy atom. The van der Waals surface area contributed by atoms with Crippen LogP contribution in [0, 0.1) is 35.5 Å². The normalized spacial score (nSPS) is 20.8. The quantitative estimate of drug-likeness (QED) is 0.0588. The van der Waals surface area contributed by atoms with E-state index in [2.05, 4.69) is 20.7 Å². The van der Waals surface area contributed by atoms with Crippen LogP contribution in [-0.4, -0.2) is 204 Å². The van der Waals surface area contributed by atoms with Crippen LogP contribution >= 0.6 is 0 Å². The molecule has 7 amide bonds. The van der Waals surface area contributed by atoms with Gasteiger partial charge in [-0.1, -0.05) is 107 Å². The molecule has 0 aromatic carbocycles. The molecule has 0 aromatic heterocycles. The lowest BCUT2D eigenvalue weighted by Crippen LogP contribution is -2.60. The van der Waals surface area contributed by atoms with E-state index in [1.807, 2.05) is 72.2 Å². The van der Waals surface area contributed by atoms with Crippen LogP contribution in [0.1, 0.15) is 178 Å². The highest BCUT2D eigenvalue weighted by Crippen LogP contribution is 2.31. The molecule has 83 heavy (non-hydrogen) atoms. The average Bonchev–Trinajstić information content (AvgIpc) is 4.42. The standard InChI is InChI=1S/C61H110N8O13S/c1-14-43(8)55(50(79-12)39-52(71)69-30-21-24-49(69)56(80-13)44(9)57(72)63-48(38-40(2)3)59(74)65-83(77,78)47-25-26-47)67(11)61(76)53(41(4)5)64-60(75)54(42(6)7)66(10)33-35-82-37-36-81-34-29-51(70)68-31-27-45(28-32-68)58(73)62-46-22-19-17-15-16-18-20-23-46/h40-50,53-56H,14-39H2,1-13H3,(H,62,73)(H,63,72)(H,64,75)(H,65,74)/t43-,44+,48-,49-,50+,53-,54-,55-,56+/m0/s1. The molecule has 0 spiro atoms. The van der Waals surface area contributed by atoms with Gasteiger partial charge in [0.15, 0.2) is 0 Å². The molecule has 2 aliphatic carbocycles. The molecular formula is C61H110N8O13S. The predicted octanol–water partition coefficient (Wildman–Crippen LogP) is 5.42. The van der Waals surface area contributed by atoms with Crippen molar-refractivity contribution in [2.24, 2.45) is 35.5 Å². The van der Waals surface area contributed by atoms with Crippen LogP contribution in [-0.2, 0) is 62.5 Å². The second-order valence-electron chi connectivity index (χ2n) is 25.4. The van der Waals surface area contributed by atoms with Gasteiger partial charge in [0.2, 0.25) is 45.5 Å². The molecule has 0 unspecified atom stereocenters. The summed E-state index contributed by atoms with van der Waals surface area (Å²) in [5, 5.41) is 8.60. The molecule has 4 aliphatic rings. The third kappa shape index (κ3) is 22.4. The molecule has 4 N–H and O–H groups in total. The number of ether oxygens (including phenoxy) is 4. The highest BCUT2D eigenvalue weighted by atomic mass is 32.2. The molecule has 2 saturated carbocycles. The second-order valence-corrected chi connectivity index (χ2v) is 27.4. The summed E-state index contributed by atoms with van der Waals surface area (Å²) in [6, 6.07) is -3.35. The number of rotatable bonds is 34. The zero-order chi connectivity index (χ0) is 61.6. The van der Waals surface area contributed by atoms with E-state index in [4.69, 9.17) is 18.9 Å². The van der Waals surface area contributed by atoms with E-state index >= 15 is 0 Å². The van der Waals surface area contributed by atoms with Crippen molar-refractivity contribution in [1.82, 2.24) is 40.3 Å². The maximum Gasteiger partial charge on any atom is 0.256 e. The van der Waals surface area contributed by atoms with Gasteiger partial charge in [0.1, 0.15) is 12.1 Å². The molecule has 9 atom stereocenters. The van der Waals surface area contributed by atoms with E-state index in [-0.39, 0.29) is 91.0 Å². The summed E-state index contributed by atoms with van der Waals surface area (Å²) in [7, 11) is 2.72. The summed E-state index contributed by atoms with van der Waals surface area (Å²) < 4.78 is 51.2. The minimum atomic E-state index is -3.83. The second kappa shape index (κ2) is 35.6. The lowest BCUT2D eigenvalue weighted by molar-refractivity contribution is -0.148. The van der Waals surface area contributed by atoms with Crippen LogP contribution in [0.25, 0.3) is 0 Å². The van der Waals surface area contributed by atoms with E-state index in [1.165, 1.54) is 52.7 Å². The fourth-order valence-corrected chi connectivity index (χ4v) is 13.8. The zero-order valence-corrected chi connectivity index (χ0v) is 53.9. The van der Waals surface area contributed by atoms with E-state index in [0.717, 1.165) is 12.8 Å². The highest BCUT2D eigenvalue weighted by molar-refractivity contribution is 7.90. The number of nitrogens with zero attached hydrogens (tertiary/aromatic N) is 4. The maximum absolute atomic E-state index is 14.7.